The number of primary sulfonamides is 1. The number of benzene rings is 1. The van der Waals surface area contributed by atoms with Crippen molar-refractivity contribution in [2.24, 2.45) is 5.14 Å². The monoisotopic (exact) mass is 227 g/mol. The molecule has 0 aliphatic carbocycles. The molecule has 0 amide bonds. The smallest absolute Gasteiger partial charge is 0.225 e. The van der Waals surface area contributed by atoms with E-state index >= 15 is 0 Å². The molecule has 0 atom stereocenters. The third kappa shape index (κ3) is 1.66. The van der Waals surface area contributed by atoms with E-state index in [-0.39, 0.29) is 4.90 Å². The number of rotatable bonds is 1. The number of thiophene rings is 1. The lowest BCUT2D eigenvalue weighted by molar-refractivity contribution is 0.598. The Morgan fingerprint density at radius 2 is 2.00 bits per heavy atom. The van der Waals surface area contributed by atoms with Crippen LogP contribution in [0.15, 0.2) is 29.2 Å². The molecule has 2 N–H and O–H groups in total. The second-order valence-corrected chi connectivity index (χ2v) is 5.95. The van der Waals surface area contributed by atoms with E-state index in [0.717, 1.165) is 15.0 Å². The molecule has 74 valence electrons. The fraction of sp³-hybridized carbons (Fsp3) is 0.111. The van der Waals surface area contributed by atoms with Gasteiger partial charge in [0.15, 0.2) is 0 Å². The average molecular weight is 227 g/mol. The summed E-state index contributed by atoms with van der Waals surface area (Å²) >= 11 is 1.56. The maximum absolute atomic E-state index is 11.1. The zero-order chi connectivity index (χ0) is 10.3. The third-order valence-electron chi connectivity index (χ3n) is 1.94. The summed E-state index contributed by atoms with van der Waals surface area (Å²) in [6.07, 6.45) is 0. The Morgan fingerprint density at radius 1 is 1.29 bits per heavy atom. The van der Waals surface area contributed by atoms with Crippen LogP contribution >= 0.6 is 11.3 Å². The molecule has 5 heteroatoms. The topological polar surface area (TPSA) is 60.2 Å². The van der Waals surface area contributed by atoms with Crippen LogP contribution in [-0.4, -0.2) is 8.42 Å². The molecular weight excluding hydrogens is 218 g/mol. The number of sulfonamides is 1. The van der Waals surface area contributed by atoms with Crippen molar-refractivity contribution in [1.82, 2.24) is 0 Å². The van der Waals surface area contributed by atoms with Crippen molar-refractivity contribution in [2.45, 2.75) is 11.8 Å². The number of hydrogen-bond donors (Lipinski definition) is 1. The van der Waals surface area contributed by atoms with E-state index in [2.05, 4.69) is 0 Å². The number of hydrogen-bond acceptors (Lipinski definition) is 3. The van der Waals surface area contributed by atoms with Crippen molar-refractivity contribution in [1.29, 1.82) is 0 Å². The first-order chi connectivity index (χ1) is 6.47. The number of aryl methyl sites for hydroxylation is 1. The van der Waals surface area contributed by atoms with E-state index in [1.165, 1.54) is 6.07 Å². The van der Waals surface area contributed by atoms with Crippen molar-refractivity contribution in [3.8, 4) is 0 Å². The maximum atomic E-state index is 11.1. The number of fused-ring (bicyclic) bond motifs is 1. The van der Waals surface area contributed by atoms with Gasteiger partial charge in [-0.05, 0) is 30.5 Å². The molecule has 0 spiro atoms. The second-order valence-electron chi connectivity index (χ2n) is 3.10. The van der Waals surface area contributed by atoms with Crippen LogP contribution in [0.25, 0.3) is 10.1 Å². The van der Waals surface area contributed by atoms with Gasteiger partial charge in [0, 0.05) is 9.58 Å². The van der Waals surface area contributed by atoms with Crippen molar-refractivity contribution in [3.05, 3.63) is 29.1 Å². The van der Waals surface area contributed by atoms with Crippen molar-refractivity contribution >= 4 is 31.4 Å². The Hall–Kier alpha value is -0.910. The first-order valence-corrected chi connectivity index (χ1v) is 6.36. The highest BCUT2D eigenvalue weighted by Crippen LogP contribution is 2.26. The van der Waals surface area contributed by atoms with E-state index in [9.17, 15) is 8.42 Å². The van der Waals surface area contributed by atoms with Gasteiger partial charge in [-0.15, -0.1) is 11.3 Å². The van der Waals surface area contributed by atoms with Gasteiger partial charge in [0.1, 0.15) is 0 Å². The summed E-state index contributed by atoms with van der Waals surface area (Å²) < 4.78 is 23.1. The standard InChI is InChI=1S/C9H9NO2S2/c1-6-4-7-2-3-8(14(10,11)12)5-9(7)13-6/h2-5H,1H3,(H2,10,11,12). The molecule has 0 saturated carbocycles. The average Bonchev–Trinajstić information content (AvgIpc) is 2.41. The molecule has 1 aromatic heterocycles. The minimum Gasteiger partial charge on any atom is -0.225 e. The van der Waals surface area contributed by atoms with Gasteiger partial charge in [-0.2, -0.15) is 0 Å². The van der Waals surface area contributed by atoms with E-state index in [1.807, 2.05) is 13.0 Å². The first kappa shape index (κ1) is 9.64. The fourth-order valence-electron chi connectivity index (χ4n) is 1.32. The molecule has 2 rings (SSSR count). The molecule has 0 unspecified atom stereocenters. The van der Waals surface area contributed by atoms with Gasteiger partial charge in [0.2, 0.25) is 10.0 Å². The Morgan fingerprint density at radius 3 is 2.64 bits per heavy atom. The quantitative estimate of drug-likeness (QED) is 0.808. The minimum atomic E-state index is -3.58. The molecule has 0 saturated heterocycles. The molecule has 3 nitrogen and oxygen atoms in total. The zero-order valence-electron chi connectivity index (χ0n) is 7.52. The van der Waals surface area contributed by atoms with E-state index in [4.69, 9.17) is 5.14 Å². The molecule has 0 aliphatic rings. The van der Waals surface area contributed by atoms with Crippen LogP contribution in [0.4, 0.5) is 0 Å². The Labute approximate surface area is 86.2 Å². The predicted molar refractivity (Wildman–Crippen MR) is 57.9 cm³/mol. The van der Waals surface area contributed by atoms with Crippen LogP contribution < -0.4 is 5.14 Å². The second kappa shape index (κ2) is 3.05. The highest BCUT2D eigenvalue weighted by atomic mass is 32.2. The molecule has 0 bridgehead atoms. The van der Waals surface area contributed by atoms with E-state index < -0.39 is 10.0 Å². The summed E-state index contributed by atoms with van der Waals surface area (Å²) in [5, 5.41) is 6.09. The van der Waals surface area contributed by atoms with Crippen LogP contribution in [-0.2, 0) is 10.0 Å². The van der Waals surface area contributed by atoms with Crippen LogP contribution in [0.5, 0.6) is 0 Å². The molecule has 14 heavy (non-hydrogen) atoms. The van der Waals surface area contributed by atoms with E-state index in [1.54, 1.807) is 23.5 Å². The summed E-state index contributed by atoms with van der Waals surface area (Å²) in [6, 6.07) is 6.94. The predicted octanol–water partition coefficient (Wildman–Crippen LogP) is 1.86. The van der Waals surface area contributed by atoms with Crippen molar-refractivity contribution in [3.63, 3.8) is 0 Å². The van der Waals surface area contributed by atoms with Gasteiger partial charge >= 0.3 is 0 Å². The Bertz CT molecular complexity index is 584. The van der Waals surface area contributed by atoms with Crippen LogP contribution in [0, 0.1) is 6.92 Å². The normalized spacial score (nSPS) is 12.1. The highest BCUT2D eigenvalue weighted by Gasteiger charge is 2.08. The lowest BCUT2D eigenvalue weighted by atomic mass is 10.2. The van der Waals surface area contributed by atoms with Crippen molar-refractivity contribution < 1.29 is 8.42 Å². The van der Waals surface area contributed by atoms with Gasteiger partial charge in [-0.3, -0.25) is 0 Å². The zero-order valence-corrected chi connectivity index (χ0v) is 9.15. The summed E-state index contributed by atoms with van der Waals surface area (Å²) in [4.78, 5) is 1.33. The number of nitrogens with two attached hydrogens (primary N) is 1. The molecule has 0 fully saturated rings. The van der Waals surface area contributed by atoms with Gasteiger partial charge in [-0.1, -0.05) is 6.07 Å². The largest absolute Gasteiger partial charge is 0.238 e. The van der Waals surface area contributed by atoms with E-state index in [0.29, 0.717) is 0 Å². The summed E-state index contributed by atoms with van der Waals surface area (Å²) in [7, 11) is -3.58. The van der Waals surface area contributed by atoms with Crippen LogP contribution in [0.2, 0.25) is 0 Å². The molecule has 1 heterocycles. The Balaban J connectivity index is 2.74. The third-order valence-corrected chi connectivity index (χ3v) is 3.87. The Kier molecular flexibility index (Phi) is 2.10. The van der Waals surface area contributed by atoms with Crippen LogP contribution in [0.3, 0.4) is 0 Å². The SMILES string of the molecule is Cc1cc2ccc(S(N)(=O)=O)cc2s1. The molecular formula is C9H9NO2S2. The molecule has 1 aromatic carbocycles. The van der Waals surface area contributed by atoms with Gasteiger partial charge in [-0.25, -0.2) is 13.6 Å². The van der Waals surface area contributed by atoms with Gasteiger partial charge < -0.3 is 0 Å². The van der Waals surface area contributed by atoms with Gasteiger partial charge in [0.25, 0.3) is 0 Å². The lowest BCUT2D eigenvalue weighted by Crippen LogP contribution is -2.11. The fourth-order valence-corrected chi connectivity index (χ4v) is 2.90. The highest BCUT2D eigenvalue weighted by molar-refractivity contribution is 7.89. The van der Waals surface area contributed by atoms with Crippen molar-refractivity contribution in [2.75, 3.05) is 0 Å². The van der Waals surface area contributed by atoms with Crippen LogP contribution in [0.1, 0.15) is 4.88 Å². The molecule has 2 aromatic rings. The minimum absolute atomic E-state index is 0.173. The summed E-state index contributed by atoms with van der Waals surface area (Å²) in [5.41, 5.74) is 0. The molecule has 0 radical (unpaired) electrons. The lowest BCUT2D eigenvalue weighted by Gasteiger charge is -1.96. The first-order valence-electron chi connectivity index (χ1n) is 4.00. The summed E-state index contributed by atoms with van der Waals surface area (Å²) in [5.74, 6) is 0. The van der Waals surface area contributed by atoms with Gasteiger partial charge in [0.05, 0.1) is 4.90 Å². The summed E-state index contributed by atoms with van der Waals surface area (Å²) in [6.45, 7) is 1.99. The maximum Gasteiger partial charge on any atom is 0.238 e. The molecule has 0 aliphatic heterocycles.